The Labute approximate surface area is 155 Å². The second kappa shape index (κ2) is 7.64. The Bertz CT molecular complexity index is 673. The molecule has 0 spiro atoms. The van der Waals surface area contributed by atoms with Gasteiger partial charge in [0.2, 0.25) is 5.91 Å². The minimum atomic E-state index is 0.180. The first kappa shape index (κ1) is 16.7. The fraction of sp³-hybridized carbons (Fsp3) is 0.529. The molecule has 1 amide bonds. The summed E-state index contributed by atoms with van der Waals surface area (Å²) < 4.78 is 1.26. The number of aromatic nitrogens is 1. The van der Waals surface area contributed by atoms with E-state index in [1.165, 1.54) is 15.5 Å². The van der Waals surface area contributed by atoms with Crippen molar-refractivity contribution in [1.82, 2.24) is 14.8 Å². The fourth-order valence-electron chi connectivity index (χ4n) is 3.14. The predicted octanol–water partition coefficient (Wildman–Crippen LogP) is 2.79. The molecule has 4 rings (SSSR count). The highest BCUT2D eigenvalue weighted by atomic mass is 32.2. The van der Waals surface area contributed by atoms with E-state index in [1.807, 2.05) is 29.6 Å². The maximum Gasteiger partial charge on any atom is 0.236 e. The summed E-state index contributed by atoms with van der Waals surface area (Å²) in [6.07, 6.45) is 0. The van der Waals surface area contributed by atoms with Crippen molar-refractivity contribution in [3.05, 3.63) is 29.3 Å². The summed E-state index contributed by atoms with van der Waals surface area (Å²) >= 11 is 5.53. The number of piperazine rings is 1. The highest BCUT2D eigenvalue weighted by Crippen LogP contribution is 2.26. The van der Waals surface area contributed by atoms with Crippen LogP contribution in [0.3, 0.4) is 0 Å². The van der Waals surface area contributed by atoms with Gasteiger partial charge in [-0.2, -0.15) is 11.8 Å². The number of hydrogen-bond acceptors (Lipinski definition) is 6. The van der Waals surface area contributed by atoms with Crippen molar-refractivity contribution in [3.63, 3.8) is 0 Å². The van der Waals surface area contributed by atoms with Crippen LogP contribution < -0.4 is 0 Å². The monoisotopic (exact) mass is 379 g/mol. The number of rotatable bonds is 3. The zero-order valence-electron chi connectivity index (χ0n) is 13.5. The van der Waals surface area contributed by atoms with Gasteiger partial charge < -0.3 is 4.90 Å². The molecule has 0 bridgehead atoms. The van der Waals surface area contributed by atoms with Crippen molar-refractivity contribution in [2.45, 2.75) is 11.8 Å². The van der Waals surface area contributed by atoms with Gasteiger partial charge in [0.15, 0.2) is 0 Å². The van der Waals surface area contributed by atoms with Crippen molar-refractivity contribution in [1.29, 1.82) is 0 Å². The maximum absolute atomic E-state index is 12.6. The van der Waals surface area contributed by atoms with E-state index >= 15 is 0 Å². The van der Waals surface area contributed by atoms with E-state index in [0.717, 1.165) is 49.7 Å². The second-order valence-electron chi connectivity index (χ2n) is 6.11. The first-order chi connectivity index (χ1) is 11.8. The number of thiazole rings is 1. The summed E-state index contributed by atoms with van der Waals surface area (Å²) in [4.78, 5) is 21.8. The number of carbonyl (C=O) groups is 1. The zero-order valence-corrected chi connectivity index (χ0v) is 16.0. The first-order valence-electron chi connectivity index (χ1n) is 8.34. The molecule has 0 saturated carbocycles. The molecule has 7 heteroatoms. The molecule has 1 aromatic heterocycles. The summed E-state index contributed by atoms with van der Waals surface area (Å²) in [7, 11) is 0. The molecular formula is C17H21N3OS3. The zero-order chi connectivity index (χ0) is 16.4. The molecule has 1 unspecified atom stereocenters. The van der Waals surface area contributed by atoms with Gasteiger partial charge in [-0.3, -0.25) is 9.69 Å². The van der Waals surface area contributed by atoms with Gasteiger partial charge >= 0.3 is 0 Å². The van der Waals surface area contributed by atoms with Crippen LogP contribution in [0.2, 0.25) is 0 Å². The number of thioether (sulfide) groups is 2. The average Bonchev–Trinajstić information content (AvgIpc) is 3.05. The van der Waals surface area contributed by atoms with Gasteiger partial charge in [-0.15, -0.1) is 23.1 Å². The van der Waals surface area contributed by atoms with E-state index in [4.69, 9.17) is 4.98 Å². The number of para-hydroxylation sites is 1. The molecule has 1 atom stereocenters. The van der Waals surface area contributed by atoms with Crippen LogP contribution in [0.5, 0.6) is 0 Å². The van der Waals surface area contributed by atoms with Gasteiger partial charge in [-0.25, -0.2) is 4.98 Å². The van der Waals surface area contributed by atoms with Gasteiger partial charge in [0.25, 0.3) is 0 Å². The smallest absolute Gasteiger partial charge is 0.236 e. The molecule has 2 saturated heterocycles. The Hall–Kier alpha value is -0.760. The third kappa shape index (κ3) is 3.74. The van der Waals surface area contributed by atoms with Gasteiger partial charge in [-0.05, 0) is 12.1 Å². The molecule has 0 N–H and O–H groups in total. The van der Waals surface area contributed by atoms with E-state index in [0.29, 0.717) is 5.91 Å². The third-order valence-electron chi connectivity index (χ3n) is 4.47. The molecule has 3 heterocycles. The molecule has 1 aromatic carbocycles. The van der Waals surface area contributed by atoms with Crippen LogP contribution >= 0.6 is 34.9 Å². The minimum Gasteiger partial charge on any atom is -0.339 e. The number of hydrogen-bond donors (Lipinski definition) is 0. The van der Waals surface area contributed by atoms with Crippen LogP contribution in [0.25, 0.3) is 10.2 Å². The molecule has 0 radical (unpaired) electrons. The van der Waals surface area contributed by atoms with Crippen LogP contribution in [0.4, 0.5) is 0 Å². The summed E-state index contributed by atoms with van der Waals surface area (Å²) in [5.41, 5.74) is 1.10. The Balaban J connectivity index is 1.31. The normalized spacial score (nSPS) is 22.8. The van der Waals surface area contributed by atoms with Crippen LogP contribution in [0.1, 0.15) is 5.01 Å². The van der Waals surface area contributed by atoms with E-state index in [1.54, 1.807) is 11.3 Å². The van der Waals surface area contributed by atoms with E-state index in [2.05, 4.69) is 28.0 Å². The lowest BCUT2D eigenvalue weighted by molar-refractivity contribution is -0.132. The molecule has 2 aliphatic heterocycles. The van der Waals surface area contributed by atoms with Gasteiger partial charge in [0.05, 0.1) is 22.0 Å². The Morgan fingerprint density at radius 3 is 2.75 bits per heavy atom. The van der Waals surface area contributed by atoms with Crippen LogP contribution in [-0.4, -0.2) is 69.4 Å². The first-order valence-corrected chi connectivity index (χ1v) is 11.4. The van der Waals surface area contributed by atoms with Crippen molar-refractivity contribution >= 4 is 51.0 Å². The standard InChI is InChI=1S/C17H21N3OS3/c21-17(15-12-22-9-10-23-15)20-7-5-19(6-8-20)11-16-18-13-3-1-2-4-14(13)24-16/h1-4,15H,5-12H2. The van der Waals surface area contributed by atoms with E-state index in [9.17, 15) is 4.79 Å². The summed E-state index contributed by atoms with van der Waals surface area (Å²) in [6, 6.07) is 8.31. The largest absolute Gasteiger partial charge is 0.339 e. The fourth-order valence-corrected chi connectivity index (χ4v) is 6.78. The maximum atomic E-state index is 12.6. The van der Waals surface area contributed by atoms with E-state index < -0.39 is 0 Å². The molecule has 2 aromatic rings. The highest BCUT2D eigenvalue weighted by Gasteiger charge is 2.29. The van der Waals surface area contributed by atoms with Gasteiger partial charge in [0, 0.05) is 43.4 Å². The molecular weight excluding hydrogens is 358 g/mol. The molecule has 24 heavy (non-hydrogen) atoms. The van der Waals surface area contributed by atoms with Crippen LogP contribution in [0, 0.1) is 0 Å². The second-order valence-corrected chi connectivity index (χ2v) is 9.69. The molecule has 0 aliphatic carbocycles. The topological polar surface area (TPSA) is 36.4 Å². The number of carbonyl (C=O) groups excluding carboxylic acids is 1. The Morgan fingerprint density at radius 2 is 2.00 bits per heavy atom. The predicted molar refractivity (Wildman–Crippen MR) is 105 cm³/mol. The Morgan fingerprint density at radius 1 is 1.17 bits per heavy atom. The third-order valence-corrected chi connectivity index (χ3v) is 8.24. The van der Waals surface area contributed by atoms with Gasteiger partial charge in [-0.1, -0.05) is 12.1 Å². The van der Waals surface area contributed by atoms with Crippen molar-refractivity contribution in [2.24, 2.45) is 0 Å². The molecule has 128 valence electrons. The Kier molecular flexibility index (Phi) is 5.31. The molecule has 2 fully saturated rings. The lowest BCUT2D eigenvalue weighted by atomic mass is 10.3. The average molecular weight is 380 g/mol. The summed E-state index contributed by atoms with van der Waals surface area (Å²) in [6.45, 7) is 4.50. The van der Waals surface area contributed by atoms with Crippen molar-refractivity contribution < 1.29 is 4.79 Å². The number of nitrogens with zero attached hydrogens (tertiary/aromatic N) is 3. The molecule has 2 aliphatic rings. The SMILES string of the molecule is O=C(C1CSCCS1)N1CCN(Cc2nc3ccccc3s2)CC1. The van der Waals surface area contributed by atoms with E-state index in [-0.39, 0.29) is 5.25 Å². The minimum absolute atomic E-state index is 0.180. The molecule has 4 nitrogen and oxygen atoms in total. The quantitative estimate of drug-likeness (QED) is 0.820. The van der Waals surface area contributed by atoms with Gasteiger partial charge in [0.1, 0.15) is 5.01 Å². The number of fused-ring (bicyclic) bond motifs is 1. The van der Waals surface area contributed by atoms with Crippen LogP contribution in [0.15, 0.2) is 24.3 Å². The number of amides is 1. The van der Waals surface area contributed by atoms with Crippen LogP contribution in [-0.2, 0) is 11.3 Å². The van der Waals surface area contributed by atoms with Crippen molar-refractivity contribution in [2.75, 3.05) is 43.4 Å². The highest BCUT2D eigenvalue weighted by molar-refractivity contribution is 8.07. The van der Waals surface area contributed by atoms with Crippen molar-refractivity contribution in [3.8, 4) is 0 Å². The number of benzene rings is 1. The lowest BCUT2D eigenvalue weighted by Gasteiger charge is -2.36. The summed E-state index contributed by atoms with van der Waals surface area (Å²) in [5, 5.41) is 1.36. The lowest BCUT2D eigenvalue weighted by Crippen LogP contribution is -2.51. The summed E-state index contributed by atoms with van der Waals surface area (Å²) in [5.74, 6) is 3.63.